The van der Waals surface area contributed by atoms with Crippen molar-refractivity contribution in [2.75, 3.05) is 38.6 Å². The number of aliphatic imine (C=N–C) groups is 1. The van der Waals surface area contributed by atoms with Crippen molar-refractivity contribution in [3.05, 3.63) is 23.5 Å². The molecule has 1 amide bonds. The molecule has 0 aromatic carbocycles. The Morgan fingerprint density at radius 1 is 1.34 bits per heavy atom. The second-order valence-corrected chi connectivity index (χ2v) is 7.42. The maximum atomic E-state index is 13.7. The number of carbonyl (C=O) groups is 1. The number of halogens is 3. The number of aliphatic hydroxyl groups is 1. The fraction of sp³-hybridized carbons (Fsp3) is 0.556. The molecule has 0 spiro atoms. The van der Waals surface area contributed by atoms with Crippen molar-refractivity contribution in [1.29, 1.82) is 0 Å². The number of nitrogens with one attached hydrogen (secondary N) is 1. The third kappa shape index (κ3) is 4.20. The third-order valence-electron chi connectivity index (χ3n) is 5.39. The third-order valence-corrected chi connectivity index (χ3v) is 5.39. The van der Waals surface area contributed by atoms with Crippen LogP contribution in [0, 0.1) is 0 Å². The molecule has 1 aromatic heterocycles. The van der Waals surface area contributed by atoms with Crippen molar-refractivity contribution in [2.45, 2.75) is 31.5 Å². The molecule has 0 saturated carbocycles. The van der Waals surface area contributed by atoms with E-state index in [0.717, 1.165) is 6.20 Å². The van der Waals surface area contributed by atoms with Gasteiger partial charge in [0.2, 0.25) is 5.95 Å². The van der Waals surface area contributed by atoms with Crippen LogP contribution in [0.3, 0.4) is 0 Å². The summed E-state index contributed by atoms with van der Waals surface area (Å²) < 4.78 is 51.5. The fourth-order valence-electron chi connectivity index (χ4n) is 3.70. The predicted molar refractivity (Wildman–Crippen MR) is 105 cm³/mol. The standard InChI is InChI=1S/C18H22F3N7O4/c1-9-12(8-29)32-17(30)28(9)13-6-11(24-16(25-13)27-2-4-31-5-3-27)10-7-23-15(22)26-14(10)18(19,20)21/h6-7,9,12,16,24,29H,2-5,8H2,1H3,(H2,22,23,26)/t9-,12+,16?/m0/s1. The van der Waals surface area contributed by atoms with Gasteiger partial charge in [0.05, 0.1) is 31.6 Å². The van der Waals surface area contributed by atoms with Gasteiger partial charge in [0.25, 0.3) is 0 Å². The van der Waals surface area contributed by atoms with Crippen LogP contribution in [0.2, 0.25) is 0 Å². The summed E-state index contributed by atoms with van der Waals surface area (Å²) >= 11 is 0. The van der Waals surface area contributed by atoms with E-state index in [1.165, 1.54) is 11.0 Å². The molecule has 0 radical (unpaired) electrons. The summed E-state index contributed by atoms with van der Waals surface area (Å²) in [7, 11) is 0. The number of rotatable bonds is 3. The fourth-order valence-corrected chi connectivity index (χ4v) is 3.70. The lowest BCUT2D eigenvalue weighted by Gasteiger charge is -2.36. The summed E-state index contributed by atoms with van der Waals surface area (Å²) in [6.07, 6.45) is -4.83. The number of alkyl halides is 3. The average Bonchev–Trinajstić information content (AvgIpc) is 3.06. The number of hydrogen-bond acceptors (Lipinski definition) is 10. The topological polar surface area (TPSA) is 138 Å². The van der Waals surface area contributed by atoms with E-state index >= 15 is 0 Å². The lowest BCUT2D eigenvalue weighted by Crippen LogP contribution is -2.52. The molecule has 3 aliphatic rings. The first-order chi connectivity index (χ1) is 15.2. The Balaban J connectivity index is 1.78. The van der Waals surface area contributed by atoms with Gasteiger partial charge in [0.1, 0.15) is 11.9 Å². The highest BCUT2D eigenvalue weighted by Crippen LogP contribution is 2.34. The van der Waals surface area contributed by atoms with E-state index in [9.17, 15) is 23.1 Å². The van der Waals surface area contributed by atoms with E-state index in [1.54, 1.807) is 6.92 Å². The van der Waals surface area contributed by atoms with Gasteiger partial charge >= 0.3 is 12.3 Å². The largest absolute Gasteiger partial charge is 0.441 e. The molecule has 4 rings (SSSR count). The zero-order valence-electron chi connectivity index (χ0n) is 17.0. The first kappa shape index (κ1) is 22.2. The van der Waals surface area contributed by atoms with Crippen LogP contribution in [0.1, 0.15) is 18.2 Å². The van der Waals surface area contributed by atoms with Crippen LogP contribution in [0.25, 0.3) is 5.70 Å². The number of hydrogen-bond donors (Lipinski definition) is 3. The number of ether oxygens (including phenoxy) is 2. The van der Waals surface area contributed by atoms with Gasteiger partial charge in [-0.1, -0.05) is 0 Å². The Labute approximate surface area is 180 Å². The maximum Gasteiger partial charge on any atom is 0.434 e. The lowest BCUT2D eigenvalue weighted by molar-refractivity contribution is -0.141. The van der Waals surface area contributed by atoms with Crippen LogP contribution in [-0.2, 0) is 15.7 Å². The van der Waals surface area contributed by atoms with Crippen LogP contribution in [-0.4, -0.2) is 88.1 Å². The number of amides is 1. The molecule has 3 atom stereocenters. The summed E-state index contributed by atoms with van der Waals surface area (Å²) in [4.78, 5) is 27.2. The van der Waals surface area contributed by atoms with Gasteiger partial charge in [-0.3, -0.25) is 9.80 Å². The highest BCUT2D eigenvalue weighted by Gasteiger charge is 2.43. The normalized spacial score (nSPS) is 27.0. The number of nitrogens with zero attached hydrogens (tertiary/aromatic N) is 5. The van der Waals surface area contributed by atoms with Gasteiger partial charge in [0.15, 0.2) is 12.0 Å². The van der Waals surface area contributed by atoms with Crippen molar-refractivity contribution in [2.24, 2.45) is 4.99 Å². The number of morpholine rings is 1. The summed E-state index contributed by atoms with van der Waals surface area (Å²) in [5.41, 5.74) is 3.86. The monoisotopic (exact) mass is 457 g/mol. The summed E-state index contributed by atoms with van der Waals surface area (Å²) in [6, 6.07) is -0.586. The van der Waals surface area contributed by atoms with Crippen molar-refractivity contribution >= 4 is 23.6 Å². The van der Waals surface area contributed by atoms with Gasteiger partial charge < -0.3 is 25.6 Å². The summed E-state index contributed by atoms with van der Waals surface area (Å²) in [5.74, 6) is -0.424. The van der Waals surface area contributed by atoms with Gasteiger partial charge in [-0.15, -0.1) is 0 Å². The molecule has 1 unspecified atom stereocenters. The molecule has 32 heavy (non-hydrogen) atoms. The first-order valence-electron chi connectivity index (χ1n) is 9.87. The minimum atomic E-state index is -4.79. The molecular formula is C18H22F3N7O4. The second kappa shape index (κ2) is 8.52. The zero-order valence-corrected chi connectivity index (χ0v) is 17.0. The lowest BCUT2D eigenvalue weighted by atomic mass is 10.1. The molecule has 2 fully saturated rings. The van der Waals surface area contributed by atoms with Crippen LogP contribution < -0.4 is 11.1 Å². The average molecular weight is 457 g/mol. The molecule has 4 N–H and O–H groups in total. The highest BCUT2D eigenvalue weighted by atomic mass is 19.4. The van der Waals surface area contributed by atoms with E-state index in [1.807, 2.05) is 4.90 Å². The van der Waals surface area contributed by atoms with Crippen molar-refractivity contribution < 1.29 is 32.5 Å². The van der Waals surface area contributed by atoms with Crippen LogP contribution >= 0.6 is 0 Å². The van der Waals surface area contributed by atoms with Crippen molar-refractivity contribution in [1.82, 2.24) is 25.1 Å². The number of aromatic nitrogens is 2. The smallest absolute Gasteiger partial charge is 0.434 e. The number of carbonyl (C=O) groups excluding carboxylic acids is 1. The first-order valence-corrected chi connectivity index (χ1v) is 9.87. The Kier molecular flexibility index (Phi) is 5.92. The molecule has 3 aliphatic heterocycles. The van der Waals surface area contributed by atoms with Gasteiger partial charge in [0, 0.05) is 30.9 Å². The molecule has 0 aliphatic carbocycles. The number of nitrogens with two attached hydrogens (primary N) is 1. The van der Waals surface area contributed by atoms with E-state index in [-0.39, 0.29) is 17.1 Å². The van der Waals surface area contributed by atoms with Gasteiger partial charge in [-0.2, -0.15) is 13.2 Å². The Morgan fingerprint density at radius 2 is 2.06 bits per heavy atom. The van der Waals surface area contributed by atoms with E-state index in [0.29, 0.717) is 26.3 Å². The SMILES string of the molecule is C[C@H]1[C@@H](CO)OC(=O)N1C1=NC(N2CCOCC2)NC(c2cnc(N)nc2C(F)(F)F)=C1. The highest BCUT2D eigenvalue weighted by molar-refractivity contribution is 6.08. The summed E-state index contributed by atoms with van der Waals surface area (Å²) in [6.45, 7) is 3.06. The number of anilines is 1. The predicted octanol–water partition coefficient (Wildman–Crippen LogP) is 0.238. The molecular weight excluding hydrogens is 435 g/mol. The summed E-state index contributed by atoms with van der Waals surface area (Å²) in [5, 5.41) is 12.4. The van der Waals surface area contributed by atoms with Gasteiger partial charge in [-0.25, -0.2) is 19.8 Å². The number of aliphatic hydroxyl groups excluding tert-OH is 1. The quantitative estimate of drug-likeness (QED) is 0.582. The van der Waals surface area contributed by atoms with Crippen molar-refractivity contribution in [3.8, 4) is 0 Å². The minimum absolute atomic E-state index is 0.0197. The molecule has 14 heteroatoms. The molecule has 1 aromatic rings. The number of cyclic esters (lactones) is 1. The van der Waals surface area contributed by atoms with Crippen LogP contribution in [0.15, 0.2) is 17.3 Å². The van der Waals surface area contributed by atoms with Crippen LogP contribution in [0.5, 0.6) is 0 Å². The van der Waals surface area contributed by atoms with Gasteiger partial charge in [-0.05, 0) is 6.92 Å². The molecule has 0 bridgehead atoms. The van der Waals surface area contributed by atoms with E-state index in [2.05, 4.69) is 20.3 Å². The Bertz CT molecular complexity index is 949. The molecule has 4 heterocycles. The zero-order chi connectivity index (χ0) is 23.0. The molecule has 11 nitrogen and oxygen atoms in total. The second-order valence-electron chi connectivity index (χ2n) is 7.42. The maximum absolute atomic E-state index is 13.7. The Hall–Kier alpha value is -2.97. The van der Waals surface area contributed by atoms with E-state index in [4.69, 9.17) is 15.2 Å². The minimum Gasteiger partial charge on any atom is -0.441 e. The van der Waals surface area contributed by atoms with E-state index < -0.39 is 49.0 Å². The molecule has 174 valence electrons. The Morgan fingerprint density at radius 3 is 2.69 bits per heavy atom. The number of nitrogen functional groups attached to an aromatic ring is 1. The number of amidine groups is 1. The van der Waals surface area contributed by atoms with Crippen LogP contribution in [0.4, 0.5) is 23.9 Å². The molecule has 2 saturated heterocycles. The van der Waals surface area contributed by atoms with Crippen molar-refractivity contribution in [3.63, 3.8) is 0 Å².